The highest BCUT2D eigenvalue weighted by molar-refractivity contribution is 7.89. The van der Waals surface area contributed by atoms with Crippen LogP contribution in [0.2, 0.25) is 0 Å². The third-order valence-corrected chi connectivity index (χ3v) is 4.54. The molecule has 100 valence electrons. The molecule has 0 atom stereocenters. The number of hydrogen-bond acceptors (Lipinski definition) is 4. The van der Waals surface area contributed by atoms with Crippen LogP contribution in [0.15, 0.2) is 23.1 Å². The van der Waals surface area contributed by atoms with Crippen LogP contribution in [0.3, 0.4) is 0 Å². The smallest absolute Gasteiger partial charge is 0.243 e. The van der Waals surface area contributed by atoms with Crippen molar-refractivity contribution in [3.63, 3.8) is 0 Å². The van der Waals surface area contributed by atoms with Crippen LogP contribution in [-0.2, 0) is 14.8 Å². The zero-order chi connectivity index (χ0) is 14.0. The molecule has 6 nitrogen and oxygen atoms in total. The van der Waals surface area contributed by atoms with Crippen LogP contribution in [0.1, 0.15) is 5.56 Å². The Morgan fingerprint density at radius 2 is 2.16 bits per heavy atom. The third-order valence-electron chi connectivity index (χ3n) is 2.70. The Labute approximate surface area is 109 Å². The van der Waals surface area contributed by atoms with E-state index in [0.717, 1.165) is 22.5 Å². The lowest BCUT2D eigenvalue weighted by atomic mass is 10.2. The second kappa shape index (κ2) is 4.95. The summed E-state index contributed by atoms with van der Waals surface area (Å²) in [6.45, 7) is 0.0965. The predicted molar refractivity (Wildman–Crippen MR) is 62.9 cm³/mol. The minimum Gasteiger partial charge on any atom is -0.354 e. The molecule has 1 aliphatic rings. The Hall–Kier alpha value is -1.98. The highest BCUT2D eigenvalue weighted by Gasteiger charge is 2.29. The minimum absolute atomic E-state index is 0.146. The SMILES string of the molecule is N#Cc1cc(S(=O)(=O)N2CCNC(=O)C2)ccc1F. The number of benzene rings is 1. The van der Waals surface area contributed by atoms with Crippen LogP contribution >= 0.6 is 0 Å². The van der Waals surface area contributed by atoms with E-state index in [-0.39, 0.29) is 30.1 Å². The Morgan fingerprint density at radius 3 is 2.79 bits per heavy atom. The third kappa shape index (κ3) is 2.57. The molecule has 0 aliphatic carbocycles. The van der Waals surface area contributed by atoms with Crippen molar-refractivity contribution < 1.29 is 17.6 Å². The topological polar surface area (TPSA) is 90.3 Å². The van der Waals surface area contributed by atoms with Gasteiger partial charge < -0.3 is 5.32 Å². The first-order valence-electron chi connectivity index (χ1n) is 5.41. The van der Waals surface area contributed by atoms with E-state index in [1.807, 2.05) is 0 Å². The number of hydrogen-bond donors (Lipinski definition) is 1. The van der Waals surface area contributed by atoms with Crippen LogP contribution in [0.25, 0.3) is 0 Å². The quantitative estimate of drug-likeness (QED) is 0.815. The number of halogens is 1. The van der Waals surface area contributed by atoms with Gasteiger partial charge in [0, 0.05) is 13.1 Å². The van der Waals surface area contributed by atoms with Crippen LogP contribution in [-0.4, -0.2) is 38.3 Å². The highest BCUT2D eigenvalue weighted by Crippen LogP contribution is 2.19. The van der Waals surface area contributed by atoms with Gasteiger partial charge in [-0.05, 0) is 18.2 Å². The number of piperazine rings is 1. The number of nitriles is 1. The molecule has 8 heteroatoms. The maximum Gasteiger partial charge on any atom is 0.243 e. The summed E-state index contributed by atoms with van der Waals surface area (Å²) < 4.78 is 38.6. The van der Waals surface area contributed by atoms with Crippen molar-refractivity contribution in [1.29, 1.82) is 5.26 Å². The molecule has 2 rings (SSSR count). The second-order valence-electron chi connectivity index (χ2n) is 3.94. The molecule has 1 aliphatic heterocycles. The number of carbonyl (C=O) groups is 1. The van der Waals surface area contributed by atoms with Crippen LogP contribution in [0, 0.1) is 17.1 Å². The fraction of sp³-hybridized carbons (Fsp3) is 0.273. The number of amides is 1. The predicted octanol–water partition coefficient (Wildman–Crippen LogP) is -0.182. The lowest BCUT2D eigenvalue weighted by Crippen LogP contribution is -2.49. The lowest BCUT2D eigenvalue weighted by Gasteiger charge is -2.25. The molecule has 1 saturated heterocycles. The largest absolute Gasteiger partial charge is 0.354 e. The van der Waals surface area contributed by atoms with E-state index >= 15 is 0 Å². The molecule has 1 aromatic rings. The van der Waals surface area contributed by atoms with E-state index in [4.69, 9.17) is 5.26 Å². The van der Waals surface area contributed by atoms with Gasteiger partial charge in [0.1, 0.15) is 11.9 Å². The standard InChI is InChI=1S/C11H10FN3O3S/c12-10-2-1-9(5-8(10)6-13)19(17,18)15-4-3-14-11(16)7-15/h1-2,5H,3-4,7H2,(H,14,16). The summed E-state index contributed by atoms with van der Waals surface area (Å²) in [6, 6.07) is 4.56. The molecular weight excluding hydrogens is 273 g/mol. The van der Waals surface area contributed by atoms with Gasteiger partial charge in [0.25, 0.3) is 0 Å². The summed E-state index contributed by atoms with van der Waals surface area (Å²) in [6.07, 6.45) is 0. The van der Waals surface area contributed by atoms with Gasteiger partial charge in [-0.25, -0.2) is 12.8 Å². The lowest BCUT2D eigenvalue weighted by molar-refractivity contribution is -0.122. The molecule has 0 spiro atoms. The molecule has 19 heavy (non-hydrogen) atoms. The molecule has 0 saturated carbocycles. The van der Waals surface area contributed by atoms with Crippen molar-refractivity contribution in [2.24, 2.45) is 0 Å². The molecule has 0 bridgehead atoms. The molecule has 1 N–H and O–H groups in total. The minimum atomic E-state index is -3.89. The summed E-state index contributed by atoms with van der Waals surface area (Å²) >= 11 is 0. The van der Waals surface area contributed by atoms with Gasteiger partial charge in [-0.3, -0.25) is 4.79 Å². The molecule has 0 unspecified atom stereocenters. The first-order valence-corrected chi connectivity index (χ1v) is 6.85. The van der Waals surface area contributed by atoms with E-state index in [1.165, 1.54) is 0 Å². The summed E-state index contributed by atoms with van der Waals surface area (Å²) in [5.41, 5.74) is -0.345. The van der Waals surface area contributed by atoms with E-state index in [9.17, 15) is 17.6 Å². The van der Waals surface area contributed by atoms with Gasteiger partial charge in [0.05, 0.1) is 17.0 Å². The molecule has 1 amide bonds. The van der Waals surface area contributed by atoms with Gasteiger partial charge >= 0.3 is 0 Å². The monoisotopic (exact) mass is 283 g/mol. The van der Waals surface area contributed by atoms with Gasteiger partial charge in [0.2, 0.25) is 15.9 Å². The first kappa shape index (κ1) is 13.5. The Balaban J connectivity index is 2.39. The van der Waals surface area contributed by atoms with Crippen molar-refractivity contribution in [3.8, 4) is 6.07 Å². The van der Waals surface area contributed by atoms with Gasteiger partial charge in [0.15, 0.2) is 0 Å². The first-order chi connectivity index (χ1) is 8.95. The van der Waals surface area contributed by atoms with E-state index < -0.39 is 21.7 Å². The molecule has 0 aromatic heterocycles. The van der Waals surface area contributed by atoms with Crippen molar-refractivity contribution in [2.45, 2.75) is 4.90 Å². The summed E-state index contributed by atoms with van der Waals surface area (Å²) in [4.78, 5) is 11.0. The average molecular weight is 283 g/mol. The number of nitrogens with zero attached hydrogens (tertiary/aromatic N) is 2. The maximum absolute atomic E-state index is 13.2. The van der Waals surface area contributed by atoms with Crippen LogP contribution in [0.5, 0.6) is 0 Å². The van der Waals surface area contributed by atoms with E-state index in [0.29, 0.717) is 0 Å². The molecule has 1 fully saturated rings. The fourth-order valence-electron chi connectivity index (χ4n) is 1.72. The zero-order valence-electron chi connectivity index (χ0n) is 9.76. The van der Waals surface area contributed by atoms with Crippen molar-refractivity contribution in [2.75, 3.05) is 19.6 Å². The summed E-state index contributed by atoms with van der Waals surface area (Å²) in [5, 5.41) is 11.2. The zero-order valence-corrected chi connectivity index (χ0v) is 10.6. The van der Waals surface area contributed by atoms with Gasteiger partial charge in [-0.1, -0.05) is 0 Å². The second-order valence-corrected chi connectivity index (χ2v) is 5.88. The average Bonchev–Trinajstić information content (AvgIpc) is 2.39. The Kier molecular flexibility index (Phi) is 3.50. The summed E-state index contributed by atoms with van der Waals surface area (Å²) in [5.74, 6) is -1.17. The number of sulfonamides is 1. The molecule has 0 radical (unpaired) electrons. The van der Waals surface area contributed by atoms with Crippen LogP contribution in [0.4, 0.5) is 4.39 Å². The van der Waals surface area contributed by atoms with Crippen LogP contribution < -0.4 is 5.32 Å². The molecule has 1 heterocycles. The van der Waals surface area contributed by atoms with Gasteiger partial charge in [-0.15, -0.1) is 0 Å². The molecular formula is C11H10FN3O3S. The number of carbonyl (C=O) groups excluding carboxylic acids is 1. The van der Waals surface area contributed by atoms with Gasteiger partial charge in [-0.2, -0.15) is 9.57 Å². The fourth-order valence-corrected chi connectivity index (χ4v) is 3.14. The Morgan fingerprint density at radius 1 is 1.42 bits per heavy atom. The highest BCUT2D eigenvalue weighted by atomic mass is 32.2. The summed E-state index contributed by atoms with van der Waals surface area (Å²) in [7, 11) is -3.89. The van der Waals surface area contributed by atoms with Crippen molar-refractivity contribution >= 4 is 15.9 Å². The van der Waals surface area contributed by atoms with E-state index in [2.05, 4.69) is 5.32 Å². The van der Waals surface area contributed by atoms with Crippen molar-refractivity contribution in [3.05, 3.63) is 29.6 Å². The number of rotatable bonds is 2. The van der Waals surface area contributed by atoms with Crippen molar-refractivity contribution in [1.82, 2.24) is 9.62 Å². The molecule has 1 aromatic carbocycles. The normalized spacial score (nSPS) is 16.7. The Bertz CT molecular complexity index is 666. The number of nitrogens with one attached hydrogen (secondary N) is 1. The van der Waals surface area contributed by atoms with E-state index in [1.54, 1.807) is 6.07 Å². The maximum atomic E-state index is 13.2.